The van der Waals surface area contributed by atoms with Crippen LogP contribution < -0.4 is 0 Å². The van der Waals surface area contributed by atoms with Crippen molar-refractivity contribution in [2.24, 2.45) is 0 Å². The number of hydrogen-bond acceptors (Lipinski definition) is 4. The van der Waals surface area contributed by atoms with Crippen LogP contribution in [0.3, 0.4) is 0 Å². The van der Waals surface area contributed by atoms with E-state index in [0.717, 1.165) is 58.5 Å². The van der Waals surface area contributed by atoms with Gasteiger partial charge in [-0.25, -0.2) is 4.79 Å². The molecule has 1 heterocycles. The molecular formula is C28H42N2O2. The zero-order valence-electron chi connectivity index (χ0n) is 20.6. The number of rotatable bonds is 12. The Bertz CT molecular complexity index is 768. The SMILES string of the molecule is CC(C)=CCC/C(C)=C/CC/C(C)=C/CN1CCN(CCOC(=O)c2ccccc2)CC1. The molecule has 0 unspecified atom stereocenters. The number of hydrogen-bond donors (Lipinski definition) is 0. The summed E-state index contributed by atoms with van der Waals surface area (Å²) in [5.74, 6) is -0.234. The summed E-state index contributed by atoms with van der Waals surface area (Å²) in [6.45, 7) is 15.3. The summed E-state index contributed by atoms with van der Waals surface area (Å²) in [6, 6.07) is 9.20. The van der Waals surface area contributed by atoms with E-state index in [-0.39, 0.29) is 5.97 Å². The first-order chi connectivity index (χ1) is 15.4. The van der Waals surface area contributed by atoms with Gasteiger partial charge in [0.1, 0.15) is 6.61 Å². The molecule has 1 aliphatic rings. The van der Waals surface area contributed by atoms with Gasteiger partial charge in [-0.15, -0.1) is 0 Å². The van der Waals surface area contributed by atoms with E-state index in [1.165, 1.54) is 23.1 Å². The molecule has 0 radical (unpaired) electrons. The zero-order valence-corrected chi connectivity index (χ0v) is 20.6. The lowest BCUT2D eigenvalue weighted by Crippen LogP contribution is -2.47. The van der Waals surface area contributed by atoms with Crippen molar-refractivity contribution in [2.75, 3.05) is 45.9 Å². The Hall–Kier alpha value is -2.17. The maximum atomic E-state index is 12.0. The van der Waals surface area contributed by atoms with Crippen molar-refractivity contribution in [3.8, 4) is 0 Å². The second-order valence-corrected chi connectivity index (χ2v) is 9.10. The fourth-order valence-corrected chi connectivity index (χ4v) is 3.74. The molecule has 1 fully saturated rings. The van der Waals surface area contributed by atoms with Crippen molar-refractivity contribution >= 4 is 5.97 Å². The predicted molar refractivity (Wildman–Crippen MR) is 135 cm³/mol. The molecule has 176 valence electrons. The third kappa shape index (κ3) is 10.9. The molecule has 32 heavy (non-hydrogen) atoms. The van der Waals surface area contributed by atoms with Gasteiger partial charge in [0.2, 0.25) is 0 Å². The van der Waals surface area contributed by atoms with Crippen LogP contribution in [0.2, 0.25) is 0 Å². The summed E-state index contributed by atoms with van der Waals surface area (Å²) in [7, 11) is 0. The molecule has 0 spiro atoms. The molecule has 0 bridgehead atoms. The molecule has 1 aromatic rings. The van der Waals surface area contributed by atoms with Crippen LogP contribution in [0, 0.1) is 0 Å². The molecule has 0 N–H and O–H groups in total. The minimum Gasteiger partial charge on any atom is -0.461 e. The van der Waals surface area contributed by atoms with Crippen molar-refractivity contribution in [1.82, 2.24) is 9.80 Å². The Morgan fingerprint density at radius 3 is 2.09 bits per heavy atom. The number of allylic oxidation sites excluding steroid dienone is 5. The minimum absolute atomic E-state index is 0.234. The van der Waals surface area contributed by atoms with Gasteiger partial charge in [0.15, 0.2) is 0 Å². The standard InChI is InChI=1S/C28H42N2O2/c1-24(2)10-8-11-25(3)12-9-13-26(4)16-17-29-18-20-30(21-19-29)22-23-32-28(31)27-14-6-5-7-15-27/h5-7,10,12,14-16H,8-9,11,13,17-23H2,1-4H3/b25-12+,26-16+. The Kier molecular flexibility index (Phi) is 12.1. The van der Waals surface area contributed by atoms with Gasteiger partial charge in [-0.05, 0) is 65.5 Å². The highest BCUT2D eigenvalue weighted by Crippen LogP contribution is 2.12. The van der Waals surface area contributed by atoms with Crippen LogP contribution in [0.15, 0.2) is 65.3 Å². The van der Waals surface area contributed by atoms with Gasteiger partial charge in [-0.2, -0.15) is 0 Å². The maximum Gasteiger partial charge on any atom is 0.338 e. The fourth-order valence-electron chi connectivity index (χ4n) is 3.74. The number of nitrogens with zero attached hydrogens (tertiary/aromatic N) is 2. The molecule has 1 aromatic carbocycles. The lowest BCUT2D eigenvalue weighted by atomic mass is 10.1. The molecule has 4 nitrogen and oxygen atoms in total. The van der Waals surface area contributed by atoms with Gasteiger partial charge in [0.05, 0.1) is 5.56 Å². The molecule has 0 aliphatic carbocycles. The molecule has 0 atom stereocenters. The lowest BCUT2D eigenvalue weighted by molar-refractivity contribution is 0.0427. The topological polar surface area (TPSA) is 32.8 Å². The van der Waals surface area contributed by atoms with Gasteiger partial charge in [-0.1, -0.05) is 53.1 Å². The lowest BCUT2D eigenvalue weighted by Gasteiger charge is -2.34. The minimum atomic E-state index is -0.234. The maximum absolute atomic E-state index is 12.0. The van der Waals surface area contributed by atoms with E-state index in [1.54, 1.807) is 12.1 Å². The van der Waals surface area contributed by atoms with Gasteiger partial charge in [0.25, 0.3) is 0 Å². The summed E-state index contributed by atoms with van der Waals surface area (Å²) in [4.78, 5) is 16.9. The van der Waals surface area contributed by atoms with E-state index in [0.29, 0.717) is 12.2 Å². The van der Waals surface area contributed by atoms with E-state index in [9.17, 15) is 4.79 Å². The Labute approximate surface area is 195 Å². The fraction of sp³-hybridized carbons (Fsp3) is 0.536. The van der Waals surface area contributed by atoms with E-state index in [4.69, 9.17) is 4.74 Å². The van der Waals surface area contributed by atoms with Crippen molar-refractivity contribution < 1.29 is 9.53 Å². The van der Waals surface area contributed by atoms with E-state index < -0.39 is 0 Å². The summed E-state index contributed by atoms with van der Waals surface area (Å²) >= 11 is 0. The first-order valence-corrected chi connectivity index (χ1v) is 12.1. The highest BCUT2D eigenvalue weighted by atomic mass is 16.5. The van der Waals surface area contributed by atoms with Crippen LogP contribution in [0.5, 0.6) is 0 Å². The number of piperazine rings is 1. The van der Waals surface area contributed by atoms with Crippen LogP contribution in [-0.4, -0.2) is 61.6 Å². The predicted octanol–water partition coefficient (Wildman–Crippen LogP) is 5.88. The van der Waals surface area contributed by atoms with Gasteiger partial charge in [0, 0.05) is 39.3 Å². The number of ether oxygens (including phenoxy) is 1. The van der Waals surface area contributed by atoms with Crippen LogP contribution in [0.25, 0.3) is 0 Å². The van der Waals surface area contributed by atoms with Gasteiger partial charge < -0.3 is 4.74 Å². The molecule has 1 aliphatic heterocycles. The second kappa shape index (κ2) is 14.8. The molecule has 0 amide bonds. The van der Waals surface area contributed by atoms with E-state index >= 15 is 0 Å². The van der Waals surface area contributed by atoms with Crippen molar-refractivity contribution in [2.45, 2.75) is 53.4 Å². The average Bonchev–Trinajstić information content (AvgIpc) is 2.79. The molecule has 0 saturated carbocycles. The summed E-state index contributed by atoms with van der Waals surface area (Å²) in [5.41, 5.74) is 5.01. The van der Waals surface area contributed by atoms with E-state index in [1.807, 2.05) is 18.2 Å². The normalized spacial score (nSPS) is 16.1. The molecule has 0 aromatic heterocycles. The smallest absolute Gasteiger partial charge is 0.338 e. The van der Waals surface area contributed by atoms with Crippen LogP contribution in [-0.2, 0) is 4.74 Å². The number of benzene rings is 1. The third-order valence-corrected chi connectivity index (χ3v) is 5.94. The highest BCUT2D eigenvalue weighted by Gasteiger charge is 2.16. The molecular weight excluding hydrogens is 396 g/mol. The highest BCUT2D eigenvalue weighted by molar-refractivity contribution is 5.89. The summed E-state index contributed by atoms with van der Waals surface area (Å²) < 4.78 is 5.41. The number of carbonyl (C=O) groups is 1. The molecule has 2 rings (SSSR count). The second-order valence-electron chi connectivity index (χ2n) is 9.10. The van der Waals surface area contributed by atoms with Crippen LogP contribution in [0.1, 0.15) is 63.7 Å². The summed E-state index contributed by atoms with van der Waals surface area (Å²) in [6.07, 6.45) is 11.7. The first-order valence-electron chi connectivity index (χ1n) is 12.1. The van der Waals surface area contributed by atoms with Crippen LogP contribution in [0.4, 0.5) is 0 Å². The van der Waals surface area contributed by atoms with Crippen molar-refractivity contribution in [3.05, 3.63) is 70.8 Å². The number of esters is 1. The van der Waals surface area contributed by atoms with Gasteiger partial charge in [-0.3, -0.25) is 9.80 Å². The average molecular weight is 439 g/mol. The van der Waals surface area contributed by atoms with Gasteiger partial charge >= 0.3 is 5.97 Å². The zero-order chi connectivity index (χ0) is 23.2. The first kappa shape index (κ1) is 26.1. The quantitative estimate of drug-likeness (QED) is 0.301. The summed E-state index contributed by atoms with van der Waals surface area (Å²) in [5, 5.41) is 0. The largest absolute Gasteiger partial charge is 0.461 e. The third-order valence-electron chi connectivity index (χ3n) is 5.94. The van der Waals surface area contributed by atoms with Crippen molar-refractivity contribution in [3.63, 3.8) is 0 Å². The molecule has 4 heteroatoms. The Morgan fingerprint density at radius 1 is 0.844 bits per heavy atom. The number of carbonyl (C=O) groups excluding carboxylic acids is 1. The Morgan fingerprint density at radius 2 is 1.44 bits per heavy atom. The Balaban J connectivity index is 1.57. The van der Waals surface area contributed by atoms with Crippen LogP contribution >= 0.6 is 0 Å². The van der Waals surface area contributed by atoms with Crippen molar-refractivity contribution in [1.29, 1.82) is 0 Å². The monoisotopic (exact) mass is 438 g/mol. The van der Waals surface area contributed by atoms with E-state index in [2.05, 4.69) is 55.7 Å². The molecule has 1 saturated heterocycles.